The summed E-state index contributed by atoms with van der Waals surface area (Å²) in [6.45, 7) is 12.2. The summed E-state index contributed by atoms with van der Waals surface area (Å²) < 4.78 is 40.2. The molecule has 1 unspecified atom stereocenters. The average molecular weight is 1330 g/mol. The summed E-state index contributed by atoms with van der Waals surface area (Å²) in [5.74, 6) is 2.26. The van der Waals surface area contributed by atoms with Gasteiger partial charge in [0.05, 0.1) is 69.1 Å². The van der Waals surface area contributed by atoms with Crippen LogP contribution in [0.15, 0.2) is 140 Å². The van der Waals surface area contributed by atoms with Crippen LogP contribution in [0.25, 0.3) is 10.2 Å². The molecule has 2 saturated carbocycles. The number of aromatic nitrogens is 1. The van der Waals surface area contributed by atoms with Gasteiger partial charge < -0.3 is 42.9 Å². The molecule has 21 heteroatoms. The zero-order valence-electron chi connectivity index (χ0n) is 54.7. The number of hydrazone groups is 1. The van der Waals surface area contributed by atoms with Crippen molar-refractivity contribution in [1.29, 1.82) is 0 Å². The Morgan fingerprint density at radius 1 is 0.621 bits per heavy atom. The van der Waals surface area contributed by atoms with E-state index in [1.165, 1.54) is 17.4 Å². The summed E-state index contributed by atoms with van der Waals surface area (Å²) in [5, 5.41) is 17.8. The fourth-order valence-corrected chi connectivity index (χ4v) is 12.3. The first kappa shape index (κ1) is 72.5. The van der Waals surface area contributed by atoms with Gasteiger partial charge in [0.15, 0.2) is 11.5 Å². The lowest BCUT2D eigenvalue weighted by atomic mass is 9.78. The molecule has 95 heavy (non-hydrogen) atoms. The van der Waals surface area contributed by atoms with Crippen molar-refractivity contribution in [3.05, 3.63) is 151 Å². The Morgan fingerprint density at radius 3 is 1.79 bits per heavy atom. The van der Waals surface area contributed by atoms with E-state index in [1.54, 1.807) is 80.1 Å². The highest BCUT2D eigenvalue weighted by atomic mass is 32.1. The third-order valence-corrected chi connectivity index (χ3v) is 17.9. The lowest BCUT2D eigenvalue weighted by molar-refractivity contribution is -0.296. The number of hydrogen-bond donors (Lipinski definition) is 1. The van der Waals surface area contributed by atoms with Gasteiger partial charge in [0.25, 0.3) is 0 Å². The molecule has 1 atom stereocenters. The van der Waals surface area contributed by atoms with Gasteiger partial charge >= 0.3 is 23.9 Å². The monoisotopic (exact) mass is 1330 g/mol. The second-order valence-corrected chi connectivity index (χ2v) is 24.8. The molecule has 0 spiro atoms. The van der Waals surface area contributed by atoms with Gasteiger partial charge in [-0.25, -0.2) is 29.3 Å². The third-order valence-electron chi connectivity index (χ3n) is 16.9. The molecule has 1 N–H and O–H groups in total. The number of hydrogen-bond acceptors (Lipinski definition) is 21. The Bertz CT molecular complexity index is 3340. The minimum Gasteiger partial charge on any atom is -0.494 e. The number of benzene rings is 5. The minimum absolute atomic E-state index is 0.0338. The molecule has 510 valence electrons. The second kappa shape index (κ2) is 40.1. The molecular formula is C74H91N3O17S. The number of anilines is 1. The van der Waals surface area contributed by atoms with Gasteiger partial charge in [-0.1, -0.05) is 68.9 Å². The van der Waals surface area contributed by atoms with E-state index in [4.69, 9.17) is 67.7 Å². The van der Waals surface area contributed by atoms with Gasteiger partial charge in [0, 0.05) is 24.3 Å². The Balaban J connectivity index is 0.817. The third kappa shape index (κ3) is 24.1. The van der Waals surface area contributed by atoms with Crippen LogP contribution < -0.4 is 38.5 Å². The van der Waals surface area contributed by atoms with Crippen molar-refractivity contribution in [1.82, 2.24) is 4.98 Å². The Morgan fingerprint density at radius 2 is 1.19 bits per heavy atom. The van der Waals surface area contributed by atoms with Crippen LogP contribution in [0.4, 0.5) is 5.13 Å². The van der Waals surface area contributed by atoms with Crippen molar-refractivity contribution in [3.8, 4) is 40.2 Å². The fraction of sp³-hybridized carbons (Fsp3) is 0.459. The number of carbonyl (C=O) groups excluding carboxylic acids is 4. The van der Waals surface area contributed by atoms with E-state index in [0.717, 1.165) is 143 Å². The van der Waals surface area contributed by atoms with Crippen molar-refractivity contribution < 1.29 is 82.0 Å². The van der Waals surface area contributed by atoms with E-state index in [0.29, 0.717) is 97.4 Å². The van der Waals surface area contributed by atoms with E-state index < -0.39 is 24.0 Å². The summed E-state index contributed by atoms with van der Waals surface area (Å²) in [6, 6.07) is 32.1. The van der Waals surface area contributed by atoms with Crippen LogP contribution in [-0.2, 0) is 38.5 Å². The zero-order valence-corrected chi connectivity index (χ0v) is 55.6. The van der Waals surface area contributed by atoms with Crippen LogP contribution >= 0.6 is 11.3 Å². The normalized spacial score (nSPS) is 16.5. The number of nitrogens with zero attached hydrogens (tertiary/aromatic N) is 3. The van der Waals surface area contributed by atoms with E-state index in [-0.39, 0.29) is 42.0 Å². The maximum Gasteiger partial charge on any atom is 0.343 e. The van der Waals surface area contributed by atoms with E-state index >= 15 is 0 Å². The number of thiazole rings is 1. The standard InChI is InChI=1S/C74H91N3O17S/c1-5-8-9-14-44-77(74-76-70-66(83-4)20-19-21-67(70)95-74)75-50-59-49-64(42-43-65(59)94-89-52-54-24-28-57(29-25-54)72(80)90-62-38-34-60(35-39-62)84-45-15-10-12-17-47-86-68(78)6-2)91-73(81)58-32-30-56(31-33-58)71(92-82)55-26-22-53(23-27-55)51-88-93-63-40-36-61(37-41-63)85-46-16-11-13-18-48-87-69(79)7-3/h6-7,19-21,30-43,49-50,53-55,57,71,82H,2-3,5,8-18,22-29,44-48,51-52H2,1,4H3/b75-50+. The quantitative estimate of drug-likeness (QED) is 0.00714. The molecule has 0 bridgehead atoms. The number of methoxy groups -OCH3 is 1. The predicted octanol–water partition coefficient (Wildman–Crippen LogP) is 16.4. The van der Waals surface area contributed by atoms with Gasteiger partial charge in [-0.3, -0.25) is 10.1 Å². The topological polar surface area (TPSA) is 228 Å². The van der Waals surface area contributed by atoms with Crippen LogP contribution in [0, 0.1) is 23.7 Å². The van der Waals surface area contributed by atoms with Crippen LogP contribution in [0.2, 0.25) is 0 Å². The smallest absolute Gasteiger partial charge is 0.343 e. The fourth-order valence-electron chi connectivity index (χ4n) is 11.3. The highest BCUT2D eigenvalue weighted by Crippen LogP contribution is 2.40. The lowest BCUT2D eigenvalue weighted by Gasteiger charge is -2.32. The van der Waals surface area contributed by atoms with Crippen molar-refractivity contribution in [3.63, 3.8) is 0 Å². The molecule has 1 aromatic heterocycles. The number of unbranched alkanes of at least 4 members (excludes halogenated alkanes) is 9. The van der Waals surface area contributed by atoms with Crippen molar-refractivity contribution in [2.75, 3.05) is 58.3 Å². The first-order chi connectivity index (χ1) is 46.5. The molecule has 2 fully saturated rings. The van der Waals surface area contributed by atoms with E-state index in [1.807, 2.05) is 47.5 Å². The predicted molar refractivity (Wildman–Crippen MR) is 362 cm³/mol. The van der Waals surface area contributed by atoms with Crippen LogP contribution in [-0.4, -0.2) is 93.6 Å². The molecule has 2 aliphatic carbocycles. The Kier molecular flexibility index (Phi) is 30.6. The van der Waals surface area contributed by atoms with Crippen molar-refractivity contribution >= 4 is 56.8 Å². The van der Waals surface area contributed by atoms with Gasteiger partial charge in [-0.15, -0.1) is 0 Å². The second-order valence-electron chi connectivity index (χ2n) is 23.8. The summed E-state index contributed by atoms with van der Waals surface area (Å²) >= 11 is 1.51. The summed E-state index contributed by atoms with van der Waals surface area (Å²) in [6.07, 6.45) is 20.6. The van der Waals surface area contributed by atoms with Gasteiger partial charge in [-0.05, 0) is 223 Å². The Labute approximate surface area is 561 Å². The molecule has 0 radical (unpaired) electrons. The molecule has 0 saturated heterocycles. The van der Waals surface area contributed by atoms with E-state index in [2.05, 4.69) is 20.1 Å². The van der Waals surface area contributed by atoms with Crippen LogP contribution in [0.5, 0.6) is 40.2 Å². The van der Waals surface area contributed by atoms with Crippen LogP contribution in [0.3, 0.4) is 0 Å². The number of ether oxygens (including phenoxy) is 7. The summed E-state index contributed by atoms with van der Waals surface area (Å²) in [4.78, 5) is 82.8. The van der Waals surface area contributed by atoms with Gasteiger partial charge in [-0.2, -0.15) is 14.9 Å². The number of esters is 4. The molecule has 6 aromatic rings. The lowest BCUT2D eigenvalue weighted by Crippen LogP contribution is -2.27. The van der Waals surface area contributed by atoms with E-state index in [9.17, 15) is 24.4 Å². The first-order valence-electron chi connectivity index (χ1n) is 33.4. The summed E-state index contributed by atoms with van der Waals surface area (Å²) in [7, 11) is 1.63. The zero-order chi connectivity index (χ0) is 66.8. The average Bonchev–Trinajstić information content (AvgIpc) is 1.68. The first-order valence-corrected chi connectivity index (χ1v) is 34.2. The number of rotatable bonds is 42. The largest absolute Gasteiger partial charge is 0.494 e. The minimum atomic E-state index is -0.597. The molecule has 0 aliphatic heterocycles. The molecule has 1 heterocycles. The SMILES string of the molecule is C=CC(=O)OCCCCCCOc1ccc(OOCC2CCC(C(OO)c3ccc(C(=O)Oc4ccc(OOCC5CCC(C(=O)Oc6ccc(OCCCCCCOC(=O)C=C)cc6)CC5)c(/C=N/N(CCCCCC)c5nc6c(OC)cccc6s5)c4)cc3)CC2)cc1. The summed E-state index contributed by atoms with van der Waals surface area (Å²) in [5.41, 5.74) is 2.27. The maximum absolute atomic E-state index is 13.9. The molecule has 2 aliphatic rings. The number of para-hydroxylation sites is 1. The number of fused-ring (bicyclic) bond motifs is 1. The molecular weight excluding hydrogens is 1230 g/mol. The molecule has 0 amide bonds. The number of carbonyl (C=O) groups is 4. The van der Waals surface area contributed by atoms with Crippen molar-refractivity contribution in [2.45, 2.75) is 141 Å². The highest BCUT2D eigenvalue weighted by Gasteiger charge is 2.31. The molecule has 5 aromatic carbocycles. The van der Waals surface area contributed by atoms with Crippen LogP contribution in [0.1, 0.15) is 163 Å². The van der Waals surface area contributed by atoms with Gasteiger partial charge in [0.1, 0.15) is 40.4 Å². The highest BCUT2D eigenvalue weighted by molar-refractivity contribution is 7.22. The van der Waals surface area contributed by atoms with Gasteiger partial charge in [0.2, 0.25) is 5.13 Å². The molecule has 20 nitrogen and oxygen atoms in total. The molecule has 8 rings (SSSR count). The Hall–Kier alpha value is -8.34. The maximum atomic E-state index is 13.9. The van der Waals surface area contributed by atoms with Crippen molar-refractivity contribution in [2.24, 2.45) is 28.8 Å².